The second-order valence-electron chi connectivity index (χ2n) is 6.64. The highest BCUT2D eigenvalue weighted by atomic mass is 127. The Labute approximate surface area is 179 Å². The number of anilines is 1. The molecule has 0 saturated carbocycles. The normalized spacial score (nSPS) is 11.3. The van der Waals surface area contributed by atoms with Gasteiger partial charge in [-0.2, -0.15) is 0 Å². The summed E-state index contributed by atoms with van der Waals surface area (Å²) in [5, 5.41) is 3.09. The molecule has 0 saturated heterocycles. The van der Waals surface area contributed by atoms with Gasteiger partial charge in [0.15, 0.2) is 5.96 Å². The molecule has 0 fully saturated rings. The summed E-state index contributed by atoms with van der Waals surface area (Å²) in [6, 6.07) is 15.8. The van der Waals surface area contributed by atoms with E-state index in [4.69, 9.17) is 15.2 Å². The van der Waals surface area contributed by atoms with E-state index in [-0.39, 0.29) is 36.2 Å². The van der Waals surface area contributed by atoms with Gasteiger partial charge in [-0.25, -0.2) is 0 Å². The van der Waals surface area contributed by atoms with Crippen LogP contribution in [0.15, 0.2) is 53.5 Å². The second kappa shape index (κ2) is 11.7. The van der Waals surface area contributed by atoms with Crippen molar-refractivity contribution in [1.29, 1.82) is 0 Å². The maximum atomic E-state index is 5.96. The Morgan fingerprint density at radius 3 is 1.85 bits per heavy atom. The van der Waals surface area contributed by atoms with Crippen molar-refractivity contribution >= 4 is 35.6 Å². The van der Waals surface area contributed by atoms with E-state index in [9.17, 15) is 0 Å². The van der Waals surface area contributed by atoms with Crippen molar-refractivity contribution in [3.8, 4) is 11.5 Å². The lowest BCUT2D eigenvalue weighted by atomic mass is 10.1. The van der Waals surface area contributed by atoms with Gasteiger partial charge in [0.2, 0.25) is 0 Å². The number of nitrogens with one attached hydrogen (secondary N) is 1. The molecule has 0 amide bonds. The fourth-order valence-electron chi connectivity index (χ4n) is 2.39. The Hall–Kier alpha value is -1.96. The number of nitrogens with zero attached hydrogens (tertiary/aromatic N) is 1. The van der Waals surface area contributed by atoms with E-state index in [0.717, 1.165) is 23.6 Å². The molecule has 0 heterocycles. The smallest absolute Gasteiger partial charge is 0.193 e. The van der Waals surface area contributed by atoms with Crippen molar-refractivity contribution < 1.29 is 9.47 Å². The third-order valence-corrected chi connectivity index (χ3v) is 3.48. The lowest BCUT2D eigenvalue weighted by molar-refractivity contribution is 0.242. The van der Waals surface area contributed by atoms with Gasteiger partial charge in [0.25, 0.3) is 0 Å². The summed E-state index contributed by atoms with van der Waals surface area (Å²) in [5.41, 5.74) is 8.04. The van der Waals surface area contributed by atoms with Crippen LogP contribution >= 0.6 is 24.0 Å². The van der Waals surface area contributed by atoms with Crippen LogP contribution in [0.5, 0.6) is 11.5 Å². The van der Waals surface area contributed by atoms with E-state index in [1.54, 1.807) is 0 Å². The molecule has 0 atom stereocenters. The number of benzene rings is 2. The molecule has 0 unspecified atom stereocenters. The maximum absolute atomic E-state index is 5.96. The zero-order valence-corrected chi connectivity index (χ0v) is 18.8. The quantitative estimate of drug-likeness (QED) is 0.320. The monoisotopic (exact) mass is 483 g/mol. The minimum absolute atomic E-state index is 0. The summed E-state index contributed by atoms with van der Waals surface area (Å²) in [5.74, 6) is 2.13. The first-order chi connectivity index (χ1) is 12.4. The number of ether oxygens (including phenoxy) is 2. The SMILES string of the molecule is CC(C)Oc1ccc(CCN=C(N)Nc2ccc(OC(C)C)cc2)cc1.I. The van der Waals surface area contributed by atoms with Crippen molar-refractivity contribution in [2.45, 2.75) is 46.3 Å². The lowest BCUT2D eigenvalue weighted by Gasteiger charge is -2.11. The molecule has 2 aromatic rings. The Bertz CT molecular complexity index is 698. The van der Waals surface area contributed by atoms with Gasteiger partial charge in [0, 0.05) is 12.2 Å². The van der Waals surface area contributed by atoms with Crippen LogP contribution in [0.3, 0.4) is 0 Å². The fraction of sp³-hybridized carbons (Fsp3) is 0.381. The van der Waals surface area contributed by atoms with Gasteiger partial charge < -0.3 is 20.5 Å². The van der Waals surface area contributed by atoms with Crippen LogP contribution in [0.2, 0.25) is 0 Å². The second-order valence-corrected chi connectivity index (χ2v) is 6.64. The minimum Gasteiger partial charge on any atom is -0.491 e. The molecule has 0 aliphatic heterocycles. The average molecular weight is 483 g/mol. The van der Waals surface area contributed by atoms with Gasteiger partial charge in [-0.05, 0) is 76.1 Å². The zero-order valence-electron chi connectivity index (χ0n) is 16.4. The summed E-state index contributed by atoms with van der Waals surface area (Å²) in [6.45, 7) is 8.66. The van der Waals surface area contributed by atoms with Crippen molar-refractivity contribution in [1.82, 2.24) is 0 Å². The first-order valence-corrected chi connectivity index (χ1v) is 9.01. The van der Waals surface area contributed by atoms with Crippen LogP contribution in [-0.4, -0.2) is 24.7 Å². The van der Waals surface area contributed by atoms with Crippen LogP contribution in [0.25, 0.3) is 0 Å². The average Bonchev–Trinajstić information content (AvgIpc) is 2.57. The first kappa shape index (κ1) is 23.1. The van der Waals surface area contributed by atoms with Gasteiger partial charge >= 0.3 is 0 Å². The Morgan fingerprint density at radius 1 is 0.889 bits per heavy atom. The number of nitrogens with two attached hydrogens (primary N) is 1. The molecule has 27 heavy (non-hydrogen) atoms. The fourth-order valence-corrected chi connectivity index (χ4v) is 2.39. The molecule has 0 bridgehead atoms. The van der Waals surface area contributed by atoms with Gasteiger partial charge in [-0.15, -0.1) is 24.0 Å². The molecule has 5 nitrogen and oxygen atoms in total. The van der Waals surface area contributed by atoms with Crippen molar-refractivity contribution in [3.63, 3.8) is 0 Å². The zero-order chi connectivity index (χ0) is 18.9. The van der Waals surface area contributed by atoms with Crippen molar-refractivity contribution in [3.05, 3.63) is 54.1 Å². The van der Waals surface area contributed by atoms with Gasteiger partial charge in [-0.1, -0.05) is 12.1 Å². The van der Waals surface area contributed by atoms with Crippen LogP contribution in [-0.2, 0) is 6.42 Å². The van der Waals surface area contributed by atoms with Gasteiger partial charge in [0.1, 0.15) is 11.5 Å². The van der Waals surface area contributed by atoms with Crippen LogP contribution in [0, 0.1) is 0 Å². The molecule has 2 rings (SSSR count). The highest BCUT2D eigenvalue weighted by Gasteiger charge is 2.00. The molecular weight excluding hydrogens is 453 g/mol. The van der Waals surface area contributed by atoms with E-state index in [0.29, 0.717) is 12.5 Å². The third kappa shape index (κ3) is 8.99. The number of hydrogen-bond donors (Lipinski definition) is 2. The summed E-state index contributed by atoms with van der Waals surface area (Å²) >= 11 is 0. The molecule has 0 spiro atoms. The Balaban J connectivity index is 0.00000364. The number of guanidine groups is 1. The molecule has 2 aromatic carbocycles. The van der Waals surface area contributed by atoms with E-state index >= 15 is 0 Å². The van der Waals surface area contributed by atoms with Gasteiger partial charge in [-0.3, -0.25) is 4.99 Å². The van der Waals surface area contributed by atoms with E-state index < -0.39 is 0 Å². The van der Waals surface area contributed by atoms with E-state index in [1.165, 1.54) is 5.56 Å². The molecule has 0 aliphatic carbocycles. The standard InChI is InChI=1S/C21H29N3O2.HI/c1-15(2)25-19-9-5-17(6-10-19)13-14-23-21(22)24-18-7-11-20(12-8-18)26-16(3)4;/h5-12,15-16H,13-14H2,1-4H3,(H3,22,23,24);1H. The summed E-state index contributed by atoms with van der Waals surface area (Å²) in [6.07, 6.45) is 1.17. The molecule has 3 N–H and O–H groups in total. The molecule has 0 radical (unpaired) electrons. The molecule has 148 valence electrons. The number of hydrogen-bond acceptors (Lipinski definition) is 3. The van der Waals surface area contributed by atoms with E-state index in [2.05, 4.69) is 22.4 Å². The van der Waals surface area contributed by atoms with E-state index in [1.807, 2.05) is 64.1 Å². The summed E-state index contributed by atoms with van der Waals surface area (Å²) in [7, 11) is 0. The Kier molecular flexibility index (Phi) is 9.99. The lowest BCUT2D eigenvalue weighted by Crippen LogP contribution is -2.23. The highest BCUT2D eigenvalue weighted by molar-refractivity contribution is 14.0. The third-order valence-electron chi connectivity index (χ3n) is 3.48. The molecular formula is C21H30IN3O2. The molecule has 0 aliphatic rings. The molecule has 0 aromatic heterocycles. The predicted molar refractivity (Wildman–Crippen MR) is 124 cm³/mol. The van der Waals surface area contributed by atoms with Crippen LogP contribution < -0.4 is 20.5 Å². The summed E-state index contributed by atoms with van der Waals surface area (Å²) in [4.78, 5) is 4.38. The Morgan fingerprint density at radius 2 is 1.37 bits per heavy atom. The number of aliphatic imine (C=N–C) groups is 1. The van der Waals surface area contributed by atoms with Gasteiger partial charge in [0.05, 0.1) is 12.2 Å². The van der Waals surface area contributed by atoms with Crippen LogP contribution in [0.4, 0.5) is 5.69 Å². The van der Waals surface area contributed by atoms with Crippen molar-refractivity contribution in [2.24, 2.45) is 10.7 Å². The topological polar surface area (TPSA) is 68.9 Å². The number of rotatable bonds is 8. The maximum Gasteiger partial charge on any atom is 0.193 e. The van der Waals surface area contributed by atoms with Crippen molar-refractivity contribution in [2.75, 3.05) is 11.9 Å². The highest BCUT2D eigenvalue weighted by Crippen LogP contribution is 2.17. The van der Waals surface area contributed by atoms with Crippen LogP contribution in [0.1, 0.15) is 33.3 Å². The minimum atomic E-state index is 0. The largest absolute Gasteiger partial charge is 0.491 e. The molecule has 6 heteroatoms. The first-order valence-electron chi connectivity index (χ1n) is 9.01. The summed E-state index contributed by atoms with van der Waals surface area (Å²) < 4.78 is 11.3. The predicted octanol–water partition coefficient (Wildman–Crippen LogP) is 4.85. The number of halogens is 1.